The molecule has 3 rings (SSSR count). The number of hydrogen-bond acceptors (Lipinski definition) is 3. The number of carbonyl (C=O) groups is 1. The SMILES string of the molecule is Cc1cnn(C2CCCC2)c1NC(=O)Cn1nc(C)c(Cl)c1C. The summed E-state index contributed by atoms with van der Waals surface area (Å²) in [5.41, 5.74) is 2.53. The molecule has 6 nitrogen and oxygen atoms in total. The second kappa shape index (κ2) is 6.35. The lowest BCUT2D eigenvalue weighted by atomic mass is 10.2. The van der Waals surface area contributed by atoms with Crippen LogP contribution >= 0.6 is 11.6 Å². The van der Waals surface area contributed by atoms with Gasteiger partial charge < -0.3 is 5.32 Å². The highest BCUT2D eigenvalue weighted by molar-refractivity contribution is 6.31. The molecule has 0 aliphatic heterocycles. The van der Waals surface area contributed by atoms with Gasteiger partial charge in [0.05, 0.1) is 28.6 Å². The van der Waals surface area contributed by atoms with Crippen molar-refractivity contribution in [2.75, 3.05) is 5.32 Å². The van der Waals surface area contributed by atoms with E-state index in [1.54, 1.807) is 4.68 Å². The molecule has 2 aromatic heterocycles. The lowest BCUT2D eigenvalue weighted by molar-refractivity contribution is -0.117. The van der Waals surface area contributed by atoms with Crippen molar-refractivity contribution in [2.24, 2.45) is 0 Å². The summed E-state index contributed by atoms with van der Waals surface area (Å²) in [5.74, 6) is 0.685. The number of nitrogens with zero attached hydrogens (tertiary/aromatic N) is 4. The first-order valence-electron chi connectivity index (χ1n) is 8.01. The molecule has 0 atom stereocenters. The number of aromatic nitrogens is 4. The van der Waals surface area contributed by atoms with E-state index in [2.05, 4.69) is 15.5 Å². The van der Waals surface area contributed by atoms with Crippen molar-refractivity contribution in [3.8, 4) is 0 Å². The quantitative estimate of drug-likeness (QED) is 0.931. The fourth-order valence-electron chi connectivity index (χ4n) is 3.17. The molecule has 0 spiro atoms. The highest BCUT2D eigenvalue weighted by Gasteiger charge is 2.22. The molecule has 0 unspecified atom stereocenters. The largest absolute Gasteiger partial charge is 0.309 e. The molecule has 0 aromatic carbocycles. The molecule has 7 heteroatoms. The van der Waals surface area contributed by atoms with E-state index in [1.807, 2.05) is 31.6 Å². The fraction of sp³-hybridized carbons (Fsp3) is 0.562. The van der Waals surface area contributed by atoms with Gasteiger partial charge >= 0.3 is 0 Å². The van der Waals surface area contributed by atoms with Gasteiger partial charge in [0.15, 0.2) is 0 Å². The lowest BCUT2D eigenvalue weighted by Gasteiger charge is -2.15. The monoisotopic (exact) mass is 335 g/mol. The van der Waals surface area contributed by atoms with E-state index in [-0.39, 0.29) is 12.5 Å². The van der Waals surface area contributed by atoms with Crippen molar-refractivity contribution in [1.82, 2.24) is 19.6 Å². The molecule has 0 radical (unpaired) electrons. The zero-order valence-electron chi connectivity index (χ0n) is 13.8. The molecule has 2 aromatic rings. The number of nitrogens with one attached hydrogen (secondary N) is 1. The molecule has 1 aliphatic rings. The Kier molecular flexibility index (Phi) is 4.43. The first kappa shape index (κ1) is 16.1. The number of rotatable bonds is 4. The summed E-state index contributed by atoms with van der Waals surface area (Å²) < 4.78 is 3.60. The summed E-state index contributed by atoms with van der Waals surface area (Å²) in [6, 6.07) is 0.391. The van der Waals surface area contributed by atoms with Crippen molar-refractivity contribution in [3.05, 3.63) is 28.2 Å². The number of anilines is 1. The molecule has 1 saturated carbocycles. The number of halogens is 1. The third kappa shape index (κ3) is 3.13. The third-order valence-corrected chi connectivity index (χ3v) is 5.04. The van der Waals surface area contributed by atoms with Gasteiger partial charge in [0.2, 0.25) is 5.91 Å². The number of amides is 1. The van der Waals surface area contributed by atoms with Crippen molar-refractivity contribution in [3.63, 3.8) is 0 Å². The number of hydrogen-bond donors (Lipinski definition) is 1. The second-order valence-electron chi connectivity index (χ2n) is 6.25. The summed E-state index contributed by atoms with van der Waals surface area (Å²) in [4.78, 5) is 12.4. The zero-order valence-corrected chi connectivity index (χ0v) is 14.5. The molecule has 124 valence electrons. The van der Waals surface area contributed by atoms with Crippen LogP contribution in [0.2, 0.25) is 5.02 Å². The molecule has 1 aliphatic carbocycles. The van der Waals surface area contributed by atoms with E-state index < -0.39 is 0 Å². The minimum atomic E-state index is -0.116. The molecule has 1 fully saturated rings. The molecule has 23 heavy (non-hydrogen) atoms. The van der Waals surface area contributed by atoms with Crippen LogP contribution in [0.3, 0.4) is 0 Å². The molecule has 0 saturated heterocycles. The van der Waals surface area contributed by atoms with E-state index in [0.29, 0.717) is 11.1 Å². The summed E-state index contributed by atoms with van der Waals surface area (Å²) in [7, 11) is 0. The van der Waals surface area contributed by atoms with Crippen molar-refractivity contribution in [1.29, 1.82) is 0 Å². The van der Waals surface area contributed by atoms with Gasteiger partial charge in [-0.2, -0.15) is 10.2 Å². The van der Waals surface area contributed by atoms with Gasteiger partial charge in [-0.05, 0) is 33.6 Å². The molecule has 1 N–H and O–H groups in total. The molecule has 2 heterocycles. The van der Waals surface area contributed by atoms with Crippen LogP contribution in [0.5, 0.6) is 0 Å². The van der Waals surface area contributed by atoms with Crippen LogP contribution in [0.15, 0.2) is 6.20 Å². The summed E-state index contributed by atoms with van der Waals surface area (Å²) >= 11 is 6.13. The maximum absolute atomic E-state index is 12.4. The van der Waals surface area contributed by atoms with E-state index in [9.17, 15) is 4.79 Å². The van der Waals surface area contributed by atoms with Crippen LogP contribution in [0.1, 0.15) is 48.7 Å². The second-order valence-corrected chi connectivity index (χ2v) is 6.63. The third-order valence-electron chi connectivity index (χ3n) is 4.49. The number of aryl methyl sites for hydroxylation is 2. The number of carbonyl (C=O) groups excluding carboxylic acids is 1. The first-order valence-corrected chi connectivity index (χ1v) is 8.38. The highest BCUT2D eigenvalue weighted by Crippen LogP contribution is 2.32. The van der Waals surface area contributed by atoms with Crippen LogP contribution in [0, 0.1) is 20.8 Å². The van der Waals surface area contributed by atoms with Gasteiger partial charge in [-0.1, -0.05) is 24.4 Å². The summed E-state index contributed by atoms with van der Waals surface area (Å²) in [6.07, 6.45) is 6.50. The fourth-order valence-corrected chi connectivity index (χ4v) is 3.30. The standard InChI is InChI=1S/C16H22ClN5O/c1-10-8-18-22(13-6-4-5-7-13)16(10)19-14(23)9-21-12(3)15(17)11(2)20-21/h8,13H,4-7,9H2,1-3H3,(H,19,23). The predicted octanol–water partition coefficient (Wildman–Crippen LogP) is 3.41. The molecule has 0 bridgehead atoms. The average molecular weight is 336 g/mol. The summed E-state index contributed by atoms with van der Waals surface area (Å²) in [6.45, 7) is 5.82. The Labute approximate surface area is 140 Å². The van der Waals surface area contributed by atoms with Crippen molar-refractivity contribution < 1.29 is 4.79 Å². The van der Waals surface area contributed by atoms with E-state index >= 15 is 0 Å². The smallest absolute Gasteiger partial charge is 0.247 e. The van der Waals surface area contributed by atoms with E-state index in [0.717, 1.165) is 35.6 Å². The predicted molar refractivity (Wildman–Crippen MR) is 89.8 cm³/mol. The Hall–Kier alpha value is -1.82. The average Bonchev–Trinajstić information content (AvgIpc) is 3.20. The van der Waals surface area contributed by atoms with Gasteiger partial charge in [-0.3, -0.25) is 9.48 Å². The van der Waals surface area contributed by atoms with Crippen LogP contribution in [-0.4, -0.2) is 25.5 Å². The normalized spacial score (nSPS) is 15.3. The van der Waals surface area contributed by atoms with Crippen molar-refractivity contribution in [2.45, 2.75) is 59.0 Å². The van der Waals surface area contributed by atoms with Crippen molar-refractivity contribution >= 4 is 23.3 Å². The van der Waals surface area contributed by atoms with Crippen LogP contribution in [-0.2, 0) is 11.3 Å². The Morgan fingerprint density at radius 2 is 2.04 bits per heavy atom. The molecular weight excluding hydrogens is 314 g/mol. The van der Waals surface area contributed by atoms with E-state index in [4.69, 9.17) is 11.6 Å². The van der Waals surface area contributed by atoms with Gasteiger partial charge in [0.25, 0.3) is 0 Å². The molecular formula is C16H22ClN5O. The molecule has 1 amide bonds. The topological polar surface area (TPSA) is 64.7 Å². The van der Waals surface area contributed by atoms with Gasteiger partial charge in [-0.25, -0.2) is 4.68 Å². The van der Waals surface area contributed by atoms with Gasteiger partial charge in [0.1, 0.15) is 12.4 Å². The first-order chi connectivity index (χ1) is 11.0. The van der Waals surface area contributed by atoms with Crippen LogP contribution in [0.25, 0.3) is 0 Å². The minimum absolute atomic E-state index is 0.116. The Bertz CT molecular complexity index is 727. The van der Waals surface area contributed by atoms with Crippen LogP contribution in [0.4, 0.5) is 5.82 Å². The Morgan fingerprint density at radius 1 is 1.35 bits per heavy atom. The Balaban J connectivity index is 1.75. The maximum Gasteiger partial charge on any atom is 0.247 e. The van der Waals surface area contributed by atoms with Gasteiger partial charge in [-0.15, -0.1) is 0 Å². The Morgan fingerprint density at radius 3 is 2.65 bits per heavy atom. The van der Waals surface area contributed by atoms with Gasteiger partial charge in [0, 0.05) is 5.56 Å². The van der Waals surface area contributed by atoms with Crippen LogP contribution < -0.4 is 5.32 Å². The minimum Gasteiger partial charge on any atom is -0.309 e. The summed E-state index contributed by atoms with van der Waals surface area (Å²) in [5, 5.41) is 12.4. The maximum atomic E-state index is 12.4. The highest BCUT2D eigenvalue weighted by atomic mass is 35.5. The van der Waals surface area contributed by atoms with E-state index in [1.165, 1.54) is 12.8 Å². The zero-order chi connectivity index (χ0) is 16.6. The lowest BCUT2D eigenvalue weighted by Crippen LogP contribution is -2.23.